The molecule has 2 aromatic rings. The van der Waals surface area contributed by atoms with Crippen LogP contribution in [0.25, 0.3) is 0 Å². The van der Waals surface area contributed by atoms with Crippen LogP contribution in [-0.2, 0) is 0 Å². The van der Waals surface area contributed by atoms with Gasteiger partial charge < -0.3 is 6.63 Å². The quantitative estimate of drug-likeness (QED) is 0.382. The summed E-state index contributed by atoms with van der Waals surface area (Å²) < 4.78 is 1.32. The summed E-state index contributed by atoms with van der Waals surface area (Å²) >= 11 is 4.67. The van der Waals surface area contributed by atoms with Gasteiger partial charge in [-0.15, -0.1) is 0 Å². The van der Waals surface area contributed by atoms with Gasteiger partial charge in [0.05, 0.1) is 0 Å². The van der Waals surface area contributed by atoms with Crippen LogP contribution in [0.3, 0.4) is 0 Å². The second-order valence-corrected chi connectivity index (χ2v) is 2.83. The van der Waals surface area contributed by atoms with Crippen molar-refractivity contribution in [2.75, 3.05) is 0 Å². The van der Waals surface area contributed by atoms with E-state index in [1.54, 1.807) is 30.6 Å². The van der Waals surface area contributed by atoms with E-state index < -0.39 is 0 Å². The van der Waals surface area contributed by atoms with Gasteiger partial charge in [-0.05, 0) is 24.3 Å². The molecule has 0 atom stereocenters. The van der Waals surface area contributed by atoms with E-state index in [-0.39, 0.29) is 31.0 Å². The van der Waals surface area contributed by atoms with Crippen LogP contribution in [0.4, 0.5) is 0 Å². The molecule has 2 heterocycles. The first kappa shape index (κ1) is 14.3. The second-order valence-electron chi connectivity index (χ2n) is 2.41. The Bertz CT molecular complexity index is 398. The largest absolute Gasteiger partial charge is 1.00 e. The van der Waals surface area contributed by atoms with Gasteiger partial charge in [0.15, 0.2) is 0 Å². The Morgan fingerprint density at radius 2 is 1.80 bits per heavy atom. The Labute approximate surface area is 117 Å². The van der Waals surface area contributed by atoms with Crippen molar-refractivity contribution in [3.63, 3.8) is 0 Å². The topological polar surface area (TPSA) is 38.0 Å². The van der Waals surface area contributed by atoms with Gasteiger partial charge >= 0.3 is 29.6 Å². The summed E-state index contributed by atoms with van der Waals surface area (Å²) in [4.78, 5) is 3.78. The van der Waals surface area contributed by atoms with Gasteiger partial charge in [-0.3, -0.25) is 4.98 Å². The van der Waals surface area contributed by atoms with E-state index in [4.69, 9.17) is 5.21 Å². The number of nitrogens with zero attached hydrogens (tertiary/aromatic N) is 2. The molecule has 3 nitrogen and oxygen atoms in total. The fraction of sp³-hybridized carbons (Fsp3) is 0. The summed E-state index contributed by atoms with van der Waals surface area (Å²) in [6, 6.07) is 10.8. The average molecular weight is 230 g/mol. The molecule has 0 spiro atoms. The fourth-order valence-corrected chi connectivity index (χ4v) is 0.871. The average Bonchev–Trinajstić information content (AvgIpc) is 2.26. The molecule has 0 bridgehead atoms. The van der Waals surface area contributed by atoms with E-state index in [0.717, 1.165) is 4.73 Å². The third kappa shape index (κ3) is 6.41. The standard InChI is InChI=1S/C5H5NOS.C5H5N.Na.H/c7-6-4-2-1-3-5(6)8;1-2-4-6-5-3-1;;/h1-4,7H;1-5H;;/q;;+1;-1. The summed E-state index contributed by atoms with van der Waals surface area (Å²) in [6.45, 7) is 0. The van der Waals surface area contributed by atoms with Gasteiger partial charge in [-0.25, -0.2) is 0 Å². The number of rotatable bonds is 0. The Kier molecular flexibility index (Phi) is 8.22. The molecule has 0 aliphatic carbocycles. The van der Waals surface area contributed by atoms with Crippen LogP contribution in [0.15, 0.2) is 55.0 Å². The van der Waals surface area contributed by atoms with E-state index in [0.29, 0.717) is 4.64 Å². The summed E-state index contributed by atoms with van der Waals surface area (Å²) in [6.07, 6.45) is 4.99. The molecule has 0 aliphatic heterocycles. The monoisotopic (exact) mass is 230 g/mol. The van der Waals surface area contributed by atoms with Crippen LogP contribution in [0.1, 0.15) is 1.43 Å². The molecule has 5 heteroatoms. The summed E-state index contributed by atoms with van der Waals surface area (Å²) in [5.41, 5.74) is 0. The van der Waals surface area contributed by atoms with Crippen LogP contribution in [0.2, 0.25) is 0 Å². The van der Waals surface area contributed by atoms with Crippen molar-refractivity contribution in [1.82, 2.24) is 9.71 Å². The Morgan fingerprint density at radius 1 is 1.13 bits per heavy atom. The van der Waals surface area contributed by atoms with Crippen LogP contribution in [0.5, 0.6) is 0 Å². The molecular weight excluding hydrogens is 219 g/mol. The van der Waals surface area contributed by atoms with Gasteiger partial charge in [0.1, 0.15) is 4.64 Å². The van der Waals surface area contributed by atoms with Gasteiger partial charge in [0.2, 0.25) is 0 Å². The van der Waals surface area contributed by atoms with Crippen molar-refractivity contribution in [3.8, 4) is 0 Å². The zero-order valence-corrected chi connectivity index (χ0v) is 11.3. The molecule has 0 radical (unpaired) electrons. The van der Waals surface area contributed by atoms with Crippen LogP contribution < -0.4 is 29.6 Å². The third-order valence-electron chi connectivity index (χ3n) is 1.37. The smallest absolute Gasteiger partial charge is 1.00 e. The van der Waals surface area contributed by atoms with Crippen molar-refractivity contribution >= 4 is 12.2 Å². The van der Waals surface area contributed by atoms with Crippen molar-refractivity contribution in [3.05, 3.63) is 59.6 Å². The van der Waals surface area contributed by atoms with Gasteiger partial charge in [0.25, 0.3) is 0 Å². The molecule has 0 amide bonds. The first-order chi connectivity index (χ1) is 6.80. The zero-order chi connectivity index (χ0) is 10.2. The predicted octanol–water partition coefficient (Wildman–Crippen LogP) is -0.347. The number of hydrogen-bond donors (Lipinski definition) is 1. The van der Waals surface area contributed by atoms with Gasteiger partial charge in [0, 0.05) is 18.6 Å². The van der Waals surface area contributed by atoms with E-state index in [1.807, 2.05) is 18.2 Å². The van der Waals surface area contributed by atoms with Crippen molar-refractivity contribution in [1.29, 1.82) is 0 Å². The maximum absolute atomic E-state index is 8.73. The number of hydrogen-bond acceptors (Lipinski definition) is 3. The molecule has 2 aromatic heterocycles. The molecule has 0 fully saturated rings. The maximum atomic E-state index is 8.73. The minimum atomic E-state index is 0. The molecular formula is C10H11N2NaOS. The molecule has 15 heavy (non-hydrogen) atoms. The summed E-state index contributed by atoms with van der Waals surface area (Å²) in [7, 11) is 0. The van der Waals surface area contributed by atoms with E-state index in [1.165, 1.54) is 6.20 Å². The van der Waals surface area contributed by atoms with Crippen molar-refractivity contribution < 1.29 is 36.2 Å². The van der Waals surface area contributed by atoms with E-state index >= 15 is 0 Å². The van der Waals surface area contributed by atoms with Crippen LogP contribution >= 0.6 is 12.2 Å². The molecule has 0 unspecified atom stereocenters. The second kappa shape index (κ2) is 8.61. The van der Waals surface area contributed by atoms with Crippen LogP contribution in [-0.4, -0.2) is 14.9 Å². The first-order valence-corrected chi connectivity index (χ1v) is 4.43. The maximum Gasteiger partial charge on any atom is 1.00 e. The zero-order valence-electron chi connectivity index (χ0n) is 9.45. The molecule has 0 saturated heterocycles. The van der Waals surface area contributed by atoms with Gasteiger partial charge in [-0.2, -0.15) is 4.73 Å². The molecule has 0 aromatic carbocycles. The molecule has 0 aliphatic rings. The first-order valence-electron chi connectivity index (χ1n) is 4.02. The van der Waals surface area contributed by atoms with E-state index in [9.17, 15) is 0 Å². The molecule has 0 saturated carbocycles. The van der Waals surface area contributed by atoms with Crippen molar-refractivity contribution in [2.45, 2.75) is 0 Å². The predicted molar refractivity (Wildman–Crippen MR) is 57.8 cm³/mol. The minimum Gasteiger partial charge on any atom is -1.00 e. The van der Waals surface area contributed by atoms with Crippen molar-refractivity contribution in [2.24, 2.45) is 0 Å². The molecule has 1 N–H and O–H groups in total. The SMILES string of the molecule is On1ccccc1=S.[H-].[Na+].c1ccncc1. The number of aromatic nitrogens is 2. The Balaban J connectivity index is 0. The third-order valence-corrected chi connectivity index (χ3v) is 1.69. The summed E-state index contributed by atoms with van der Waals surface area (Å²) in [5, 5.41) is 8.73. The Morgan fingerprint density at radius 3 is 2.07 bits per heavy atom. The number of pyridine rings is 2. The molecule has 2 rings (SSSR count). The normalized spacial score (nSPS) is 8.00. The fourth-order valence-electron chi connectivity index (χ4n) is 0.732. The van der Waals surface area contributed by atoms with E-state index in [2.05, 4.69) is 17.2 Å². The van der Waals surface area contributed by atoms with Gasteiger partial charge in [-0.1, -0.05) is 24.4 Å². The minimum absolute atomic E-state index is 0. The summed E-state index contributed by atoms with van der Waals surface area (Å²) in [5.74, 6) is 0. The Hall–Kier alpha value is -0.680. The van der Waals surface area contributed by atoms with Crippen LogP contribution in [0, 0.1) is 4.64 Å². The molecule has 74 valence electrons.